The van der Waals surface area contributed by atoms with Gasteiger partial charge in [-0.3, -0.25) is 4.79 Å². The number of rotatable bonds is 9. The van der Waals surface area contributed by atoms with Gasteiger partial charge < -0.3 is 24.8 Å². The van der Waals surface area contributed by atoms with Gasteiger partial charge in [-0.05, 0) is 91.0 Å². The second kappa shape index (κ2) is 9.77. The summed E-state index contributed by atoms with van der Waals surface area (Å²) in [6.45, 7) is 5.64. The summed E-state index contributed by atoms with van der Waals surface area (Å²) in [5.74, 6) is -1.44. The van der Waals surface area contributed by atoms with Crippen LogP contribution in [0.25, 0.3) is 11.1 Å². The molecule has 3 N–H and O–H groups in total. The molecule has 0 spiro atoms. The fourth-order valence-corrected chi connectivity index (χ4v) is 7.13. The predicted molar refractivity (Wildman–Crippen MR) is 146 cm³/mol. The molecule has 3 aromatic rings. The van der Waals surface area contributed by atoms with Crippen LogP contribution in [0.5, 0.6) is 11.6 Å². The lowest BCUT2D eigenvalue weighted by atomic mass is 9.72. The van der Waals surface area contributed by atoms with E-state index in [-0.39, 0.29) is 42.1 Å². The summed E-state index contributed by atoms with van der Waals surface area (Å²) in [4.78, 5) is 15.9. The number of hydrogen-bond donors (Lipinski definition) is 3. The maximum Gasteiger partial charge on any atom is 0.307 e. The highest BCUT2D eigenvalue weighted by Crippen LogP contribution is 2.66. The number of carbonyl (C=O) groups is 1. The van der Waals surface area contributed by atoms with E-state index >= 15 is 4.39 Å². The van der Waals surface area contributed by atoms with Crippen LogP contribution in [0.1, 0.15) is 47.6 Å². The van der Waals surface area contributed by atoms with Crippen molar-refractivity contribution in [3.63, 3.8) is 0 Å². The van der Waals surface area contributed by atoms with Gasteiger partial charge in [0.2, 0.25) is 5.88 Å². The van der Waals surface area contributed by atoms with Gasteiger partial charge >= 0.3 is 5.97 Å². The predicted octanol–water partition coefficient (Wildman–Crippen LogP) is 4.88. The second-order valence-electron chi connectivity index (χ2n) is 12.2. The first kappa shape index (κ1) is 27.6. The van der Waals surface area contributed by atoms with Crippen molar-refractivity contribution in [1.82, 2.24) is 4.98 Å². The molecule has 9 heteroatoms. The number of aliphatic hydroxyl groups is 2. The molecule has 3 unspecified atom stereocenters. The van der Waals surface area contributed by atoms with Crippen LogP contribution < -0.4 is 9.47 Å². The van der Waals surface area contributed by atoms with E-state index in [2.05, 4.69) is 4.98 Å². The molecule has 3 aliphatic carbocycles. The van der Waals surface area contributed by atoms with Gasteiger partial charge in [0.25, 0.3) is 0 Å². The zero-order valence-corrected chi connectivity index (χ0v) is 23.2. The number of halogens is 2. The van der Waals surface area contributed by atoms with E-state index < -0.39 is 28.6 Å². The highest BCUT2D eigenvalue weighted by atomic mass is 19.1. The summed E-state index contributed by atoms with van der Waals surface area (Å²) >= 11 is 0. The number of carboxylic acids is 1. The van der Waals surface area contributed by atoms with Crippen LogP contribution in [0.3, 0.4) is 0 Å². The number of pyridine rings is 1. The number of ether oxygens (including phenoxy) is 2. The van der Waals surface area contributed by atoms with Crippen LogP contribution in [0.15, 0.2) is 36.5 Å². The SMILES string of the molecule is Cc1cc(OCC2CC(O)(CO)C2)cc(C)c1-c1cc(COc2cc3c(cn2)C2(C)C(C3)C2C(=O)O)c(F)cc1F. The number of aryl methyl sites for hydroxylation is 2. The number of fused-ring (bicyclic) bond motifs is 3. The Morgan fingerprint density at radius 2 is 1.78 bits per heavy atom. The monoisotopic (exact) mass is 565 g/mol. The van der Waals surface area contributed by atoms with Crippen molar-refractivity contribution < 1.29 is 38.4 Å². The van der Waals surface area contributed by atoms with Gasteiger partial charge in [0, 0.05) is 34.9 Å². The van der Waals surface area contributed by atoms with Gasteiger partial charge in [0.1, 0.15) is 24.0 Å². The van der Waals surface area contributed by atoms with Gasteiger partial charge in [-0.25, -0.2) is 13.8 Å². The first-order chi connectivity index (χ1) is 19.4. The summed E-state index contributed by atoms with van der Waals surface area (Å²) < 4.78 is 41.6. The fraction of sp³-hybridized carbons (Fsp3) is 0.438. The highest BCUT2D eigenvalue weighted by Gasteiger charge is 2.69. The standard InChI is InChI=1S/C32H33F2NO6/c1-16-4-21(40-13-18-10-32(39,11-18)15-36)5-17(2)28(16)22-6-20(25(33)9-26(22)34)14-41-27-8-19-7-23-29(30(37)38)31(23,3)24(19)12-35-27/h4-6,8-9,12,18,23,29,36,39H,7,10-11,13-15H2,1-3H3,(H,37,38). The summed E-state index contributed by atoms with van der Waals surface area (Å²) in [5.41, 5.74) is 3.14. The molecule has 0 radical (unpaired) electrons. The maximum absolute atomic E-state index is 15.1. The number of benzene rings is 2. The van der Waals surface area contributed by atoms with Crippen molar-refractivity contribution in [1.29, 1.82) is 0 Å². The van der Waals surface area contributed by atoms with Gasteiger partial charge in [-0.1, -0.05) is 6.92 Å². The average Bonchev–Trinajstić information content (AvgIpc) is 3.39. The Hall–Kier alpha value is -3.56. The number of aromatic nitrogens is 1. The van der Waals surface area contributed by atoms with Crippen molar-refractivity contribution in [2.45, 2.75) is 57.7 Å². The fourth-order valence-electron chi connectivity index (χ4n) is 7.13. The molecule has 0 saturated heterocycles. The number of aliphatic carboxylic acids is 1. The lowest BCUT2D eigenvalue weighted by molar-refractivity contribution is -0.139. The minimum absolute atomic E-state index is 0.0527. The molecule has 0 aliphatic heterocycles. The molecule has 3 aliphatic rings. The molecule has 41 heavy (non-hydrogen) atoms. The molecule has 1 aromatic heterocycles. The Morgan fingerprint density at radius 3 is 2.44 bits per heavy atom. The Labute approximate surface area is 236 Å². The van der Waals surface area contributed by atoms with Gasteiger partial charge in [0.05, 0.1) is 24.7 Å². The minimum atomic E-state index is -1.01. The molecule has 6 rings (SSSR count). The zero-order valence-electron chi connectivity index (χ0n) is 23.2. The third-order valence-electron chi connectivity index (χ3n) is 9.36. The average molecular weight is 566 g/mol. The minimum Gasteiger partial charge on any atom is -0.493 e. The molecule has 2 saturated carbocycles. The Balaban J connectivity index is 1.16. The quantitative estimate of drug-likeness (QED) is 0.339. The largest absolute Gasteiger partial charge is 0.493 e. The highest BCUT2D eigenvalue weighted by molar-refractivity contribution is 5.80. The number of aliphatic hydroxyl groups excluding tert-OH is 1. The van der Waals surface area contributed by atoms with Crippen molar-refractivity contribution in [3.8, 4) is 22.8 Å². The van der Waals surface area contributed by atoms with Crippen LogP contribution in [0.4, 0.5) is 8.78 Å². The van der Waals surface area contributed by atoms with Crippen LogP contribution >= 0.6 is 0 Å². The van der Waals surface area contributed by atoms with E-state index in [9.17, 15) is 24.5 Å². The molecule has 7 nitrogen and oxygen atoms in total. The van der Waals surface area contributed by atoms with Crippen molar-refractivity contribution >= 4 is 5.97 Å². The normalized spacial score (nSPS) is 27.5. The topological polar surface area (TPSA) is 109 Å². The lowest BCUT2D eigenvalue weighted by Gasteiger charge is -2.42. The first-order valence-electron chi connectivity index (χ1n) is 13.8. The molecule has 0 amide bonds. The van der Waals surface area contributed by atoms with E-state index in [1.54, 1.807) is 12.3 Å². The Bertz CT molecular complexity index is 1530. The third kappa shape index (κ3) is 4.65. The molecule has 216 valence electrons. The molecular weight excluding hydrogens is 532 g/mol. The van der Waals surface area contributed by atoms with Crippen molar-refractivity contribution in [3.05, 3.63) is 76.0 Å². The molecule has 0 bridgehead atoms. The Morgan fingerprint density at radius 1 is 1.07 bits per heavy atom. The smallest absolute Gasteiger partial charge is 0.307 e. The Kier molecular flexibility index (Phi) is 6.58. The van der Waals surface area contributed by atoms with E-state index in [0.717, 1.165) is 28.3 Å². The molecule has 3 atom stereocenters. The molecule has 2 fully saturated rings. The third-order valence-corrected chi connectivity index (χ3v) is 9.36. The van der Waals surface area contributed by atoms with Crippen LogP contribution in [-0.4, -0.2) is 45.1 Å². The van der Waals surface area contributed by atoms with E-state index in [1.165, 1.54) is 6.07 Å². The lowest BCUT2D eigenvalue weighted by Crippen LogP contribution is -2.48. The van der Waals surface area contributed by atoms with Crippen LogP contribution in [0, 0.1) is 43.2 Å². The molecule has 1 heterocycles. The van der Waals surface area contributed by atoms with E-state index in [1.807, 2.05) is 32.9 Å². The van der Waals surface area contributed by atoms with Gasteiger partial charge in [0.15, 0.2) is 0 Å². The van der Waals surface area contributed by atoms with Gasteiger partial charge in [-0.2, -0.15) is 0 Å². The van der Waals surface area contributed by atoms with Crippen molar-refractivity contribution in [2.75, 3.05) is 13.2 Å². The molecule has 2 aromatic carbocycles. The van der Waals surface area contributed by atoms with Crippen LogP contribution in [0.2, 0.25) is 0 Å². The summed E-state index contributed by atoms with van der Waals surface area (Å²) in [7, 11) is 0. The van der Waals surface area contributed by atoms with Crippen molar-refractivity contribution in [2.24, 2.45) is 17.8 Å². The van der Waals surface area contributed by atoms with E-state index in [4.69, 9.17) is 9.47 Å². The molecular formula is C32H33F2NO6. The summed E-state index contributed by atoms with van der Waals surface area (Å²) in [6, 6.07) is 7.74. The number of nitrogens with zero attached hydrogens (tertiary/aromatic N) is 1. The number of carboxylic acid groups (broad SMARTS) is 1. The summed E-state index contributed by atoms with van der Waals surface area (Å²) in [5, 5.41) is 28.7. The maximum atomic E-state index is 15.1. The zero-order chi connectivity index (χ0) is 29.3. The second-order valence-corrected chi connectivity index (χ2v) is 12.2. The van der Waals surface area contributed by atoms with Crippen LogP contribution in [-0.2, 0) is 23.2 Å². The number of hydrogen-bond acceptors (Lipinski definition) is 6. The van der Waals surface area contributed by atoms with E-state index in [0.29, 0.717) is 43.1 Å². The first-order valence-corrected chi connectivity index (χ1v) is 13.8. The summed E-state index contributed by atoms with van der Waals surface area (Å²) in [6.07, 6.45) is 3.27. The van der Waals surface area contributed by atoms with Gasteiger partial charge in [-0.15, -0.1) is 0 Å².